The number of fused-ring (bicyclic) bond motifs is 1. The standard InChI is InChI=1S/C6H2F2S2/c7-4-5-3(1-2-9-5)10-6(4)8/h1-2H. The summed E-state index contributed by atoms with van der Waals surface area (Å²) in [6.07, 6.45) is 0. The fourth-order valence-corrected chi connectivity index (χ4v) is 2.61. The Balaban J connectivity index is 2.95. The van der Waals surface area contributed by atoms with Crippen LogP contribution in [0.3, 0.4) is 0 Å². The van der Waals surface area contributed by atoms with Crippen LogP contribution in [0, 0.1) is 10.9 Å². The molecule has 0 aliphatic carbocycles. The van der Waals surface area contributed by atoms with Crippen LogP contribution in [0.25, 0.3) is 9.40 Å². The molecule has 0 unspecified atom stereocenters. The topological polar surface area (TPSA) is 0 Å². The lowest BCUT2D eigenvalue weighted by Crippen LogP contribution is -1.66. The first kappa shape index (κ1) is 6.24. The lowest BCUT2D eigenvalue weighted by Gasteiger charge is -1.74. The Morgan fingerprint density at radius 2 is 2.10 bits per heavy atom. The zero-order valence-corrected chi connectivity index (χ0v) is 6.36. The van der Waals surface area contributed by atoms with Gasteiger partial charge in [-0.3, -0.25) is 0 Å². The monoisotopic (exact) mass is 176 g/mol. The average molecular weight is 176 g/mol. The van der Waals surface area contributed by atoms with Gasteiger partial charge in [-0.2, -0.15) is 4.39 Å². The lowest BCUT2D eigenvalue weighted by molar-refractivity contribution is 0.539. The van der Waals surface area contributed by atoms with Crippen molar-refractivity contribution in [3.05, 3.63) is 22.4 Å². The van der Waals surface area contributed by atoms with E-state index in [0.29, 0.717) is 9.40 Å². The third kappa shape index (κ3) is 0.690. The summed E-state index contributed by atoms with van der Waals surface area (Å²) in [7, 11) is 0. The summed E-state index contributed by atoms with van der Waals surface area (Å²) in [5.41, 5.74) is 0. The smallest absolute Gasteiger partial charge is 0.201 e. The first-order valence-electron chi connectivity index (χ1n) is 2.60. The maximum absolute atomic E-state index is 12.6. The van der Waals surface area contributed by atoms with Crippen molar-refractivity contribution in [2.24, 2.45) is 0 Å². The molecule has 10 heavy (non-hydrogen) atoms. The molecule has 0 fully saturated rings. The number of rotatable bonds is 0. The highest BCUT2D eigenvalue weighted by molar-refractivity contribution is 7.26. The van der Waals surface area contributed by atoms with E-state index in [1.54, 1.807) is 11.4 Å². The van der Waals surface area contributed by atoms with Crippen LogP contribution in [0.5, 0.6) is 0 Å². The molecule has 0 atom stereocenters. The van der Waals surface area contributed by atoms with Gasteiger partial charge < -0.3 is 0 Å². The van der Waals surface area contributed by atoms with Gasteiger partial charge in [-0.25, -0.2) is 4.39 Å². The zero-order chi connectivity index (χ0) is 7.14. The fraction of sp³-hybridized carbons (Fsp3) is 0. The van der Waals surface area contributed by atoms with E-state index in [-0.39, 0.29) is 0 Å². The molecule has 0 aliphatic heterocycles. The van der Waals surface area contributed by atoms with Gasteiger partial charge in [0.05, 0.1) is 9.40 Å². The fourth-order valence-electron chi connectivity index (χ4n) is 0.768. The molecule has 0 saturated heterocycles. The Bertz CT molecular complexity index is 361. The Morgan fingerprint density at radius 3 is 2.80 bits per heavy atom. The summed E-state index contributed by atoms with van der Waals surface area (Å²) in [5, 5.41) is 1.05. The predicted octanol–water partition coefficient (Wildman–Crippen LogP) is 3.24. The largest absolute Gasteiger partial charge is 0.214 e. The van der Waals surface area contributed by atoms with Gasteiger partial charge in [0.2, 0.25) is 5.13 Å². The minimum atomic E-state index is -0.707. The minimum Gasteiger partial charge on any atom is -0.201 e. The first-order chi connectivity index (χ1) is 4.79. The van der Waals surface area contributed by atoms with Crippen molar-refractivity contribution in [3.63, 3.8) is 0 Å². The maximum Gasteiger partial charge on any atom is 0.214 e. The molecule has 0 aromatic carbocycles. The number of thiophene rings is 2. The van der Waals surface area contributed by atoms with E-state index in [1.165, 1.54) is 11.3 Å². The van der Waals surface area contributed by atoms with Crippen LogP contribution in [0.2, 0.25) is 0 Å². The first-order valence-corrected chi connectivity index (χ1v) is 4.29. The van der Waals surface area contributed by atoms with Crippen LogP contribution in [0.15, 0.2) is 11.4 Å². The SMILES string of the molecule is Fc1sc2ccsc2c1F. The summed E-state index contributed by atoms with van der Waals surface area (Å²) in [4.78, 5) is 0. The second kappa shape index (κ2) is 2.00. The van der Waals surface area contributed by atoms with Crippen molar-refractivity contribution in [1.82, 2.24) is 0 Å². The van der Waals surface area contributed by atoms with Crippen molar-refractivity contribution >= 4 is 32.1 Å². The predicted molar refractivity (Wildman–Crippen MR) is 39.6 cm³/mol. The van der Waals surface area contributed by atoms with E-state index in [4.69, 9.17) is 0 Å². The quantitative estimate of drug-likeness (QED) is 0.578. The third-order valence-corrected chi connectivity index (χ3v) is 3.16. The average Bonchev–Trinajstić information content (AvgIpc) is 2.41. The van der Waals surface area contributed by atoms with E-state index in [9.17, 15) is 8.78 Å². The molecule has 0 bridgehead atoms. The van der Waals surface area contributed by atoms with Crippen LogP contribution in [-0.2, 0) is 0 Å². The molecule has 0 saturated carbocycles. The van der Waals surface area contributed by atoms with Crippen molar-refractivity contribution in [3.8, 4) is 0 Å². The van der Waals surface area contributed by atoms with Gasteiger partial charge in [-0.05, 0) is 11.4 Å². The van der Waals surface area contributed by atoms with Crippen molar-refractivity contribution in [2.45, 2.75) is 0 Å². The van der Waals surface area contributed by atoms with Crippen molar-refractivity contribution in [1.29, 1.82) is 0 Å². The Hall–Kier alpha value is -0.480. The van der Waals surface area contributed by atoms with E-state index < -0.39 is 10.9 Å². The summed E-state index contributed by atoms with van der Waals surface area (Å²) in [6, 6.07) is 1.72. The minimum absolute atomic E-state index is 0.433. The Kier molecular flexibility index (Phi) is 1.25. The molecule has 52 valence electrons. The van der Waals surface area contributed by atoms with Gasteiger partial charge in [-0.15, -0.1) is 22.7 Å². The van der Waals surface area contributed by atoms with E-state index in [2.05, 4.69) is 0 Å². The molecule has 0 aliphatic rings. The van der Waals surface area contributed by atoms with E-state index >= 15 is 0 Å². The van der Waals surface area contributed by atoms with Gasteiger partial charge in [0.1, 0.15) is 0 Å². The maximum atomic E-state index is 12.6. The van der Waals surface area contributed by atoms with Crippen LogP contribution in [0.4, 0.5) is 8.78 Å². The van der Waals surface area contributed by atoms with E-state index in [0.717, 1.165) is 11.3 Å². The number of hydrogen-bond acceptors (Lipinski definition) is 2. The molecule has 2 rings (SSSR count). The van der Waals surface area contributed by atoms with E-state index in [1.807, 2.05) is 0 Å². The van der Waals surface area contributed by atoms with Crippen LogP contribution in [0.1, 0.15) is 0 Å². The third-order valence-electron chi connectivity index (χ3n) is 1.20. The van der Waals surface area contributed by atoms with Crippen LogP contribution >= 0.6 is 22.7 Å². The molecule has 0 radical (unpaired) electrons. The van der Waals surface area contributed by atoms with Gasteiger partial charge >= 0.3 is 0 Å². The Labute approximate surface area is 63.7 Å². The molecule has 2 aromatic rings. The molecular weight excluding hydrogens is 174 g/mol. The second-order valence-electron chi connectivity index (χ2n) is 1.80. The van der Waals surface area contributed by atoms with Crippen molar-refractivity contribution in [2.75, 3.05) is 0 Å². The molecule has 2 heterocycles. The zero-order valence-electron chi connectivity index (χ0n) is 4.73. The van der Waals surface area contributed by atoms with Gasteiger partial charge in [0.15, 0.2) is 5.82 Å². The number of hydrogen-bond donors (Lipinski definition) is 0. The highest BCUT2D eigenvalue weighted by Crippen LogP contribution is 2.32. The van der Waals surface area contributed by atoms with Crippen LogP contribution in [-0.4, -0.2) is 0 Å². The highest BCUT2D eigenvalue weighted by Gasteiger charge is 2.11. The van der Waals surface area contributed by atoms with Gasteiger partial charge in [0, 0.05) is 0 Å². The van der Waals surface area contributed by atoms with Crippen molar-refractivity contribution < 1.29 is 8.78 Å². The molecular formula is C6H2F2S2. The molecule has 0 N–H and O–H groups in total. The molecule has 0 nitrogen and oxygen atoms in total. The highest BCUT2D eigenvalue weighted by atomic mass is 32.1. The summed E-state index contributed by atoms with van der Waals surface area (Å²) in [5.74, 6) is -0.699. The summed E-state index contributed by atoms with van der Waals surface area (Å²) < 4.78 is 26.2. The molecule has 0 amide bonds. The van der Waals surface area contributed by atoms with Gasteiger partial charge in [-0.1, -0.05) is 0 Å². The molecule has 0 spiro atoms. The van der Waals surface area contributed by atoms with Gasteiger partial charge in [0.25, 0.3) is 0 Å². The van der Waals surface area contributed by atoms with Crippen LogP contribution < -0.4 is 0 Å². The molecule has 2 aromatic heterocycles. The normalized spacial score (nSPS) is 11.0. The summed E-state index contributed by atoms with van der Waals surface area (Å²) >= 11 is 2.08. The second-order valence-corrected chi connectivity index (χ2v) is 3.72. The molecule has 4 heteroatoms. The summed E-state index contributed by atoms with van der Waals surface area (Å²) in [6.45, 7) is 0. The number of halogens is 2. The Morgan fingerprint density at radius 1 is 1.30 bits per heavy atom. The lowest BCUT2D eigenvalue weighted by atomic mass is 10.5.